The zero-order valence-electron chi connectivity index (χ0n) is 6.52. The molecule has 60 valence electrons. The largest absolute Gasteiger partial charge is 0.292 e. The lowest BCUT2D eigenvalue weighted by Crippen LogP contribution is -2.27. The second kappa shape index (κ2) is 4.99. The van der Waals surface area contributed by atoms with E-state index < -0.39 is 0 Å². The van der Waals surface area contributed by atoms with Gasteiger partial charge in [-0.25, -0.2) is 0 Å². The Balaban J connectivity index is 1.91. The fraction of sp³-hybridized carbons (Fsp3) is 1.00. The van der Waals surface area contributed by atoms with Crippen molar-refractivity contribution in [2.24, 2.45) is 0 Å². The highest BCUT2D eigenvalue weighted by Crippen LogP contribution is 2.09. The van der Waals surface area contributed by atoms with E-state index in [1.54, 1.807) is 0 Å². The molecule has 1 saturated heterocycles. The summed E-state index contributed by atoms with van der Waals surface area (Å²) in [6.07, 6.45) is 2.64. The van der Waals surface area contributed by atoms with E-state index in [0.717, 1.165) is 13.1 Å². The van der Waals surface area contributed by atoms with Gasteiger partial charge in [0, 0.05) is 13.1 Å². The SMILES string of the molecule is CCCCSC1NCCN1. The monoisotopic (exact) mass is 160 g/mol. The minimum Gasteiger partial charge on any atom is -0.292 e. The Bertz CT molecular complexity index is 81.7. The molecule has 0 amide bonds. The van der Waals surface area contributed by atoms with Gasteiger partial charge in [-0.05, 0) is 12.2 Å². The molecule has 10 heavy (non-hydrogen) atoms. The third kappa shape index (κ3) is 2.90. The standard InChI is InChI=1S/C7H16N2S/c1-2-3-6-10-7-8-4-5-9-7/h7-9H,2-6H2,1H3. The predicted octanol–water partition coefficient (Wildman–Crippen LogP) is 0.996. The molecule has 1 aliphatic heterocycles. The summed E-state index contributed by atoms with van der Waals surface area (Å²) in [4.78, 5) is 0. The fourth-order valence-electron chi connectivity index (χ4n) is 0.942. The van der Waals surface area contributed by atoms with Gasteiger partial charge in [-0.15, -0.1) is 11.8 Å². The van der Waals surface area contributed by atoms with Gasteiger partial charge in [0.15, 0.2) is 0 Å². The summed E-state index contributed by atoms with van der Waals surface area (Å²) in [5.41, 5.74) is 0.534. The van der Waals surface area contributed by atoms with Crippen LogP contribution in [0.15, 0.2) is 0 Å². The molecule has 0 aromatic heterocycles. The fourth-order valence-corrected chi connectivity index (χ4v) is 2.10. The van der Waals surface area contributed by atoms with Crippen LogP contribution in [0.1, 0.15) is 19.8 Å². The summed E-state index contributed by atoms with van der Waals surface area (Å²) in [5.74, 6) is 1.28. The van der Waals surface area contributed by atoms with E-state index in [2.05, 4.69) is 17.6 Å². The Morgan fingerprint density at radius 1 is 1.40 bits per heavy atom. The molecule has 2 nitrogen and oxygen atoms in total. The van der Waals surface area contributed by atoms with Crippen LogP contribution in [0.5, 0.6) is 0 Å². The quantitative estimate of drug-likeness (QED) is 0.600. The van der Waals surface area contributed by atoms with Crippen molar-refractivity contribution in [3.05, 3.63) is 0 Å². The van der Waals surface area contributed by atoms with E-state index in [0.29, 0.717) is 5.50 Å². The van der Waals surface area contributed by atoms with Crippen molar-refractivity contribution in [1.82, 2.24) is 10.6 Å². The zero-order chi connectivity index (χ0) is 7.23. The Hall–Kier alpha value is 0.270. The smallest absolute Gasteiger partial charge is 0.106 e. The molecular weight excluding hydrogens is 144 g/mol. The Labute approximate surface area is 67.1 Å². The summed E-state index contributed by atoms with van der Waals surface area (Å²) >= 11 is 1.99. The van der Waals surface area contributed by atoms with Crippen LogP contribution in [0.3, 0.4) is 0 Å². The van der Waals surface area contributed by atoms with Crippen molar-refractivity contribution in [2.45, 2.75) is 25.3 Å². The van der Waals surface area contributed by atoms with Crippen LogP contribution in [-0.2, 0) is 0 Å². The molecule has 0 saturated carbocycles. The topological polar surface area (TPSA) is 24.1 Å². The molecule has 3 heteroatoms. The maximum Gasteiger partial charge on any atom is 0.106 e. The Morgan fingerprint density at radius 2 is 2.10 bits per heavy atom. The van der Waals surface area contributed by atoms with Crippen LogP contribution < -0.4 is 10.6 Å². The van der Waals surface area contributed by atoms with Crippen molar-refractivity contribution in [3.8, 4) is 0 Å². The van der Waals surface area contributed by atoms with E-state index in [1.807, 2.05) is 11.8 Å². The van der Waals surface area contributed by atoms with Gasteiger partial charge in [-0.3, -0.25) is 10.6 Å². The van der Waals surface area contributed by atoms with Crippen LogP contribution in [-0.4, -0.2) is 24.3 Å². The van der Waals surface area contributed by atoms with Gasteiger partial charge in [0.2, 0.25) is 0 Å². The average Bonchev–Trinajstić information content (AvgIpc) is 2.41. The van der Waals surface area contributed by atoms with Gasteiger partial charge in [0.05, 0.1) is 0 Å². The molecule has 0 spiro atoms. The Kier molecular flexibility index (Phi) is 4.18. The van der Waals surface area contributed by atoms with E-state index >= 15 is 0 Å². The van der Waals surface area contributed by atoms with E-state index in [4.69, 9.17) is 0 Å². The summed E-state index contributed by atoms with van der Waals surface area (Å²) in [6.45, 7) is 4.49. The van der Waals surface area contributed by atoms with Crippen LogP contribution in [0.25, 0.3) is 0 Å². The average molecular weight is 160 g/mol. The third-order valence-corrected chi connectivity index (χ3v) is 2.76. The van der Waals surface area contributed by atoms with Crippen molar-refractivity contribution in [3.63, 3.8) is 0 Å². The van der Waals surface area contributed by atoms with Gasteiger partial charge in [0.1, 0.15) is 5.50 Å². The molecule has 1 fully saturated rings. The van der Waals surface area contributed by atoms with Crippen LogP contribution in [0.4, 0.5) is 0 Å². The van der Waals surface area contributed by atoms with Crippen molar-refractivity contribution in [2.75, 3.05) is 18.8 Å². The van der Waals surface area contributed by atoms with Gasteiger partial charge in [0.25, 0.3) is 0 Å². The second-order valence-electron chi connectivity index (χ2n) is 2.51. The molecule has 0 bridgehead atoms. The van der Waals surface area contributed by atoms with Crippen molar-refractivity contribution >= 4 is 11.8 Å². The molecule has 0 aromatic carbocycles. The highest BCUT2D eigenvalue weighted by Gasteiger charge is 2.11. The number of hydrogen-bond acceptors (Lipinski definition) is 3. The number of rotatable bonds is 4. The van der Waals surface area contributed by atoms with Crippen LogP contribution >= 0.6 is 11.8 Å². The van der Waals surface area contributed by atoms with Gasteiger partial charge < -0.3 is 0 Å². The maximum absolute atomic E-state index is 3.37. The molecule has 1 rings (SSSR count). The number of nitrogens with one attached hydrogen (secondary N) is 2. The normalized spacial score (nSPS) is 20.1. The third-order valence-electron chi connectivity index (χ3n) is 1.57. The van der Waals surface area contributed by atoms with Crippen molar-refractivity contribution in [1.29, 1.82) is 0 Å². The lowest BCUT2D eigenvalue weighted by atomic mass is 10.4. The molecule has 0 radical (unpaired) electrons. The maximum atomic E-state index is 3.37. The van der Waals surface area contributed by atoms with E-state index in [-0.39, 0.29) is 0 Å². The number of unbranched alkanes of at least 4 members (excludes halogenated alkanes) is 1. The summed E-state index contributed by atoms with van der Waals surface area (Å²) < 4.78 is 0. The molecule has 0 atom stereocenters. The molecule has 1 aliphatic rings. The number of thioether (sulfide) groups is 1. The Morgan fingerprint density at radius 3 is 2.70 bits per heavy atom. The van der Waals surface area contributed by atoms with E-state index in [1.165, 1.54) is 18.6 Å². The first-order chi connectivity index (χ1) is 4.93. The minimum atomic E-state index is 0.534. The van der Waals surface area contributed by atoms with Crippen LogP contribution in [0, 0.1) is 0 Å². The summed E-state index contributed by atoms with van der Waals surface area (Å²) in [7, 11) is 0. The highest BCUT2D eigenvalue weighted by atomic mass is 32.2. The summed E-state index contributed by atoms with van der Waals surface area (Å²) in [6, 6.07) is 0. The first-order valence-electron chi connectivity index (χ1n) is 4.02. The molecule has 0 unspecified atom stereocenters. The molecular formula is C7H16N2S. The molecule has 0 aromatic rings. The van der Waals surface area contributed by atoms with Crippen LogP contribution in [0.2, 0.25) is 0 Å². The van der Waals surface area contributed by atoms with Crippen molar-refractivity contribution < 1.29 is 0 Å². The van der Waals surface area contributed by atoms with Gasteiger partial charge >= 0.3 is 0 Å². The first kappa shape index (κ1) is 8.37. The number of hydrogen-bond donors (Lipinski definition) is 2. The minimum absolute atomic E-state index is 0.534. The first-order valence-corrected chi connectivity index (χ1v) is 5.06. The lowest BCUT2D eigenvalue weighted by Gasteiger charge is -2.08. The second-order valence-corrected chi connectivity index (χ2v) is 3.73. The van der Waals surface area contributed by atoms with Gasteiger partial charge in [-0.2, -0.15) is 0 Å². The predicted molar refractivity (Wildman–Crippen MR) is 47.2 cm³/mol. The highest BCUT2D eigenvalue weighted by molar-refractivity contribution is 7.99. The lowest BCUT2D eigenvalue weighted by molar-refractivity contribution is 0.741. The molecule has 1 heterocycles. The van der Waals surface area contributed by atoms with Gasteiger partial charge in [-0.1, -0.05) is 13.3 Å². The zero-order valence-corrected chi connectivity index (χ0v) is 7.34. The van der Waals surface area contributed by atoms with E-state index in [9.17, 15) is 0 Å². The molecule has 2 N–H and O–H groups in total. The molecule has 0 aliphatic carbocycles. The summed E-state index contributed by atoms with van der Waals surface area (Å²) in [5, 5.41) is 6.73.